The summed E-state index contributed by atoms with van der Waals surface area (Å²) in [5.74, 6) is 0. The molecule has 1 aliphatic rings. The highest BCUT2D eigenvalue weighted by atomic mass is 14.9. The first-order chi connectivity index (χ1) is 8.46. The third kappa shape index (κ3) is 3.58. The Morgan fingerprint density at radius 2 is 1.83 bits per heavy atom. The van der Waals surface area contributed by atoms with E-state index in [4.69, 9.17) is 0 Å². The molecule has 0 heterocycles. The molecule has 2 rings (SSSR count). The maximum Gasteiger partial charge on any atom is 0.0210 e. The summed E-state index contributed by atoms with van der Waals surface area (Å²) in [7, 11) is 0. The quantitative estimate of drug-likeness (QED) is 0.834. The van der Waals surface area contributed by atoms with Crippen LogP contribution in [0, 0.1) is 19.3 Å². The maximum atomic E-state index is 3.74. The van der Waals surface area contributed by atoms with Gasteiger partial charge in [0.1, 0.15) is 0 Å². The molecule has 1 N–H and O–H groups in total. The standard InChI is InChI=1S/C17H27N/c1-13-5-6-15(14(2)11-13)12-18-16-7-9-17(3,4)10-8-16/h5-6,11,16,18H,7-10,12H2,1-4H3. The molecular formula is C17H27N. The lowest BCUT2D eigenvalue weighted by Crippen LogP contribution is -2.35. The minimum atomic E-state index is 0.567. The van der Waals surface area contributed by atoms with E-state index in [1.807, 2.05) is 0 Å². The molecule has 1 fully saturated rings. The molecule has 1 saturated carbocycles. The van der Waals surface area contributed by atoms with Crippen molar-refractivity contribution in [2.45, 2.75) is 66.0 Å². The highest BCUT2D eigenvalue weighted by molar-refractivity contribution is 5.30. The van der Waals surface area contributed by atoms with Crippen LogP contribution in [0.1, 0.15) is 56.2 Å². The molecule has 1 heteroatoms. The van der Waals surface area contributed by atoms with Gasteiger partial charge in [-0.05, 0) is 56.1 Å². The van der Waals surface area contributed by atoms with Crippen molar-refractivity contribution in [3.8, 4) is 0 Å². The van der Waals surface area contributed by atoms with Crippen LogP contribution in [-0.2, 0) is 6.54 Å². The van der Waals surface area contributed by atoms with E-state index in [9.17, 15) is 0 Å². The largest absolute Gasteiger partial charge is 0.310 e. The highest BCUT2D eigenvalue weighted by Gasteiger charge is 2.26. The second-order valence-electron chi connectivity index (χ2n) is 6.75. The minimum Gasteiger partial charge on any atom is -0.310 e. The zero-order valence-electron chi connectivity index (χ0n) is 12.3. The smallest absolute Gasteiger partial charge is 0.0210 e. The average Bonchev–Trinajstić information content (AvgIpc) is 2.29. The Balaban J connectivity index is 1.85. The zero-order chi connectivity index (χ0) is 13.2. The van der Waals surface area contributed by atoms with Gasteiger partial charge in [-0.3, -0.25) is 0 Å². The molecule has 0 amide bonds. The first-order valence-electron chi connectivity index (χ1n) is 7.26. The molecule has 0 saturated heterocycles. The Bertz CT molecular complexity index is 396. The third-order valence-electron chi connectivity index (χ3n) is 4.42. The normalized spacial score (nSPS) is 20.0. The van der Waals surface area contributed by atoms with E-state index in [0.29, 0.717) is 5.41 Å². The van der Waals surface area contributed by atoms with Crippen LogP contribution in [0.3, 0.4) is 0 Å². The Morgan fingerprint density at radius 1 is 1.17 bits per heavy atom. The van der Waals surface area contributed by atoms with Crippen LogP contribution in [0.25, 0.3) is 0 Å². The molecule has 0 aromatic heterocycles. The fraction of sp³-hybridized carbons (Fsp3) is 0.647. The Morgan fingerprint density at radius 3 is 2.44 bits per heavy atom. The molecule has 0 bridgehead atoms. The van der Waals surface area contributed by atoms with Crippen LogP contribution in [0.2, 0.25) is 0 Å². The van der Waals surface area contributed by atoms with Gasteiger partial charge in [0.25, 0.3) is 0 Å². The molecule has 100 valence electrons. The summed E-state index contributed by atoms with van der Waals surface area (Å²) >= 11 is 0. The number of rotatable bonds is 3. The van der Waals surface area contributed by atoms with Crippen molar-refractivity contribution in [1.29, 1.82) is 0 Å². The molecule has 0 unspecified atom stereocenters. The second kappa shape index (κ2) is 5.44. The summed E-state index contributed by atoms with van der Waals surface area (Å²) in [5, 5.41) is 3.74. The van der Waals surface area contributed by atoms with Gasteiger partial charge in [-0.1, -0.05) is 37.6 Å². The van der Waals surface area contributed by atoms with Gasteiger partial charge in [-0.2, -0.15) is 0 Å². The van der Waals surface area contributed by atoms with Crippen molar-refractivity contribution >= 4 is 0 Å². The van der Waals surface area contributed by atoms with Crippen LogP contribution >= 0.6 is 0 Å². The van der Waals surface area contributed by atoms with Crippen LogP contribution in [0.5, 0.6) is 0 Å². The van der Waals surface area contributed by atoms with Crippen molar-refractivity contribution in [2.75, 3.05) is 0 Å². The zero-order valence-corrected chi connectivity index (χ0v) is 12.3. The summed E-state index contributed by atoms with van der Waals surface area (Å²) in [6.45, 7) is 10.2. The van der Waals surface area contributed by atoms with Gasteiger partial charge in [0, 0.05) is 12.6 Å². The summed E-state index contributed by atoms with van der Waals surface area (Å²) < 4.78 is 0. The number of hydrogen-bond donors (Lipinski definition) is 1. The van der Waals surface area contributed by atoms with Gasteiger partial charge in [-0.25, -0.2) is 0 Å². The average molecular weight is 245 g/mol. The van der Waals surface area contributed by atoms with Crippen LogP contribution in [-0.4, -0.2) is 6.04 Å². The van der Waals surface area contributed by atoms with E-state index in [-0.39, 0.29) is 0 Å². The van der Waals surface area contributed by atoms with Gasteiger partial charge in [-0.15, -0.1) is 0 Å². The van der Waals surface area contributed by atoms with Crippen molar-refractivity contribution in [3.05, 3.63) is 34.9 Å². The summed E-state index contributed by atoms with van der Waals surface area (Å²) in [6.07, 6.45) is 5.38. The van der Waals surface area contributed by atoms with Crippen LogP contribution in [0.15, 0.2) is 18.2 Å². The monoisotopic (exact) mass is 245 g/mol. The fourth-order valence-corrected chi connectivity index (χ4v) is 2.90. The molecule has 0 aliphatic heterocycles. The lowest BCUT2D eigenvalue weighted by Gasteiger charge is -2.34. The van der Waals surface area contributed by atoms with Gasteiger partial charge >= 0.3 is 0 Å². The fourth-order valence-electron chi connectivity index (χ4n) is 2.90. The number of aryl methyl sites for hydroxylation is 2. The molecule has 0 spiro atoms. The van der Waals surface area contributed by atoms with E-state index >= 15 is 0 Å². The first-order valence-corrected chi connectivity index (χ1v) is 7.26. The van der Waals surface area contributed by atoms with E-state index in [0.717, 1.165) is 12.6 Å². The van der Waals surface area contributed by atoms with E-state index in [1.165, 1.54) is 42.4 Å². The first kappa shape index (κ1) is 13.6. The predicted molar refractivity (Wildman–Crippen MR) is 78.8 cm³/mol. The van der Waals surface area contributed by atoms with Gasteiger partial charge < -0.3 is 5.32 Å². The Kier molecular flexibility index (Phi) is 4.11. The molecular weight excluding hydrogens is 218 g/mol. The van der Waals surface area contributed by atoms with Gasteiger partial charge in [0.2, 0.25) is 0 Å². The van der Waals surface area contributed by atoms with E-state index in [2.05, 4.69) is 51.2 Å². The molecule has 1 aliphatic carbocycles. The minimum absolute atomic E-state index is 0.567. The number of hydrogen-bond acceptors (Lipinski definition) is 1. The highest BCUT2D eigenvalue weighted by Crippen LogP contribution is 2.35. The molecule has 18 heavy (non-hydrogen) atoms. The molecule has 1 aromatic carbocycles. The van der Waals surface area contributed by atoms with Crippen molar-refractivity contribution in [3.63, 3.8) is 0 Å². The summed E-state index contributed by atoms with van der Waals surface area (Å²) in [4.78, 5) is 0. The van der Waals surface area contributed by atoms with Gasteiger partial charge in [0.05, 0.1) is 0 Å². The second-order valence-corrected chi connectivity index (χ2v) is 6.75. The van der Waals surface area contributed by atoms with Crippen molar-refractivity contribution < 1.29 is 0 Å². The third-order valence-corrected chi connectivity index (χ3v) is 4.42. The summed E-state index contributed by atoms with van der Waals surface area (Å²) in [6, 6.07) is 7.48. The lowest BCUT2D eigenvalue weighted by molar-refractivity contribution is 0.206. The Hall–Kier alpha value is -0.820. The number of nitrogens with one attached hydrogen (secondary N) is 1. The lowest BCUT2D eigenvalue weighted by atomic mass is 9.75. The molecule has 0 radical (unpaired) electrons. The predicted octanol–water partition coefficient (Wildman–Crippen LogP) is 4.36. The maximum absolute atomic E-state index is 3.74. The number of benzene rings is 1. The van der Waals surface area contributed by atoms with Crippen molar-refractivity contribution in [2.24, 2.45) is 5.41 Å². The van der Waals surface area contributed by atoms with E-state index in [1.54, 1.807) is 0 Å². The van der Waals surface area contributed by atoms with Crippen LogP contribution < -0.4 is 5.32 Å². The van der Waals surface area contributed by atoms with Crippen LogP contribution in [0.4, 0.5) is 0 Å². The SMILES string of the molecule is Cc1ccc(CNC2CCC(C)(C)CC2)c(C)c1. The topological polar surface area (TPSA) is 12.0 Å². The molecule has 1 nitrogen and oxygen atoms in total. The summed E-state index contributed by atoms with van der Waals surface area (Å²) in [5.41, 5.74) is 4.79. The molecule has 0 atom stereocenters. The van der Waals surface area contributed by atoms with Crippen molar-refractivity contribution in [1.82, 2.24) is 5.32 Å². The molecule has 1 aromatic rings. The van der Waals surface area contributed by atoms with Gasteiger partial charge in [0.15, 0.2) is 0 Å². The Labute approximate surface area is 112 Å². The van der Waals surface area contributed by atoms with E-state index < -0.39 is 0 Å².